The molecule has 4 aromatic carbocycles. The van der Waals surface area contributed by atoms with Crippen LogP contribution < -0.4 is 15.6 Å². The fraction of sp³-hybridized carbons (Fsp3) is 0.256. The van der Waals surface area contributed by atoms with E-state index < -0.39 is 0 Å². The van der Waals surface area contributed by atoms with Crippen LogP contribution in [0.3, 0.4) is 0 Å². The molecule has 1 N–H and O–H groups in total. The quantitative estimate of drug-likeness (QED) is 0.141. The van der Waals surface area contributed by atoms with Gasteiger partial charge in [0.05, 0.1) is 35.8 Å². The van der Waals surface area contributed by atoms with Crippen LogP contribution in [0.5, 0.6) is 5.75 Å². The number of benzene rings is 4. The number of thioether (sulfide) groups is 1. The minimum atomic E-state index is -0.304. The van der Waals surface area contributed by atoms with Crippen LogP contribution in [0.25, 0.3) is 16.9 Å². The smallest absolute Gasteiger partial charge is 0.263 e. The Morgan fingerprint density at radius 3 is 2.20 bits per heavy atom. The zero-order chi connectivity index (χ0) is 31.5. The summed E-state index contributed by atoms with van der Waals surface area (Å²) in [6, 6.07) is 35.5. The summed E-state index contributed by atoms with van der Waals surface area (Å²) in [7, 11) is 1.61. The number of fused-ring (bicyclic) bond motifs is 4. The van der Waals surface area contributed by atoms with E-state index in [1.54, 1.807) is 11.7 Å². The summed E-state index contributed by atoms with van der Waals surface area (Å²) in [4.78, 5) is 33.9. The molecule has 1 aromatic heterocycles. The first-order chi connectivity index (χ1) is 22.6. The van der Waals surface area contributed by atoms with Crippen LogP contribution in [0, 0.1) is 0 Å². The molecule has 0 saturated heterocycles. The van der Waals surface area contributed by atoms with E-state index in [4.69, 9.17) is 9.72 Å². The Morgan fingerprint density at radius 2 is 1.50 bits per heavy atom. The third kappa shape index (κ3) is 5.64. The second kappa shape index (κ2) is 13.0. The lowest BCUT2D eigenvalue weighted by atomic mass is 9.62. The number of nitrogens with one attached hydrogen (secondary N) is 1. The fourth-order valence-corrected chi connectivity index (χ4v) is 8.10. The van der Waals surface area contributed by atoms with E-state index in [2.05, 4.69) is 23.5 Å². The van der Waals surface area contributed by atoms with E-state index in [1.165, 1.54) is 23.7 Å². The van der Waals surface area contributed by atoms with Crippen LogP contribution in [-0.4, -0.2) is 28.3 Å². The van der Waals surface area contributed by atoms with Crippen molar-refractivity contribution in [2.75, 3.05) is 12.9 Å². The number of carbonyl (C=O) groups is 1. The molecular weight excluding hydrogens is 591 g/mol. The van der Waals surface area contributed by atoms with Crippen LogP contribution in [-0.2, 0) is 16.6 Å². The molecule has 232 valence electrons. The van der Waals surface area contributed by atoms with E-state index in [1.807, 2.05) is 91.0 Å². The SMILES string of the molecule is COc1ccccc1-n1c(SCC(=O)NC(c2ccccc2)c2ccccc2)nc2c(c1=O)C1(CCCCC1)Cc1ccccc1-2. The van der Waals surface area contributed by atoms with Gasteiger partial charge >= 0.3 is 0 Å². The van der Waals surface area contributed by atoms with Gasteiger partial charge in [0.15, 0.2) is 5.16 Å². The van der Waals surface area contributed by atoms with Gasteiger partial charge < -0.3 is 10.1 Å². The molecule has 1 saturated carbocycles. The number of para-hydroxylation sites is 2. The van der Waals surface area contributed by atoms with Gasteiger partial charge in [0.2, 0.25) is 5.91 Å². The highest BCUT2D eigenvalue weighted by atomic mass is 32.2. The zero-order valence-corrected chi connectivity index (χ0v) is 26.8. The molecule has 0 aliphatic heterocycles. The Morgan fingerprint density at radius 1 is 0.870 bits per heavy atom. The van der Waals surface area contributed by atoms with Gasteiger partial charge in [0.1, 0.15) is 5.75 Å². The molecule has 5 aromatic rings. The Kier molecular flexibility index (Phi) is 8.50. The summed E-state index contributed by atoms with van der Waals surface area (Å²) in [5.74, 6) is 0.522. The van der Waals surface area contributed by atoms with Crippen molar-refractivity contribution in [3.63, 3.8) is 0 Å². The minimum Gasteiger partial charge on any atom is -0.495 e. The number of carbonyl (C=O) groups excluding carboxylic acids is 1. The van der Waals surface area contributed by atoms with E-state index in [9.17, 15) is 9.59 Å². The first-order valence-electron chi connectivity index (χ1n) is 16.0. The molecule has 1 amide bonds. The van der Waals surface area contributed by atoms with Crippen LogP contribution in [0.2, 0.25) is 0 Å². The Hall–Kier alpha value is -4.62. The normalized spacial score (nSPS) is 14.8. The molecule has 1 fully saturated rings. The number of rotatable bonds is 8. The third-order valence-corrected chi connectivity index (χ3v) is 10.4. The molecule has 2 aliphatic carbocycles. The molecule has 1 spiro atoms. The van der Waals surface area contributed by atoms with Gasteiger partial charge in [-0.1, -0.05) is 128 Å². The lowest BCUT2D eigenvalue weighted by Gasteiger charge is -2.42. The summed E-state index contributed by atoms with van der Waals surface area (Å²) in [5, 5.41) is 3.72. The zero-order valence-electron chi connectivity index (χ0n) is 25.9. The first kappa shape index (κ1) is 30.1. The number of hydrogen-bond donors (Lipinski definition) is 1. The van der Waals surface area contributed by atoms with Crippen LogP contribution in [0.4, 0.5) is 0 Å². The molecule has 0 bridgehead atoms. The van der Waals surface area contributed by atoms with Gasteiger partial charge in [-0.15, -0.1) is 0 Å². The van der Waals surface area contributed by atoms with Crippen molar-refractivity contribution >= 4 is 17.7 Å². The van der Waals surface area contributed by atoms with Gasteiger partial charge in [-0.05, 0) is 48.1 Å². The predicted molar refractivity (Wildman–Crippen MR) is 184 cm³/mol. The Bertz CT molecular complexity index is 1880. The van der Waals surface area contributed by atoms with Gasteiger partial charge in [0.25, 0.3) is 5.56 Å². The summed E-state index contributed by atoms with van der Waals surface area (Å²) in [6.07, 6.45) is 6.14. The third-order valence-electron chi connectivity index (χ3n) is 9.42. The Labute approximate surface area is 273 Å². The summed E-state index contributed by atoms with van der Waals surface area (Å²) in [5.41, 5.74) is 6.12. The van der Waals surface area contributed by atoms with E-state index in [0.29, 0.717) is 16.6 Å². The van der Waals surface area contributed by atoms with Crippen molar-refractivity contribution in [1.82, 2.24) is 14.9 Å². The number of hydrogen-bond acceptors (Lipinski definition) is 5. The topological polar surface area (TPSA) is 73.2 Å². The second-order valence-electron chi connectivity index (χ2n) is 12.2. The molecule has 46 heavy (non-hydrogen) atoms. The second-order valence-corrected chi connectivity index (χ2v) is 13.2. The monoisotopic (exact) mass is 627 g/mol. The van der Waals surface area contributed by atoms with Gasteiger partial charge in [-0.25, -0.2) is 4.98 Å². The summed E-state index contributed by atoms with van der Waals surface area (Å²) in [6.45, 7) is 0. The van der Waals surface area contributed by atoms with Gasteiger partial charge in [0, 0.05) is 11.0 Å². The van der Waals surface area contributed by atoms with E-state index in [0.717, 1.165) is 60.1 Å². The molecule has 6 nitrogen and oxygen atoms in total. The van der Waals surface area contributed by atoms with Crippen LogP contribution in [0.1, 0.15) is 60.4 Å². The number of amides is 1. The van der Waals surface area contributed by atoms with Crippen molar-refractivity contribution in [1.29, 1.82) is 0 Å². The summed E-state index contributed by atoms with van der Waals surface area (Å²) >= 11 is 1.28. The predicted octanol–water partition coefficient (Wildman–Crippen LogP) is 7.66. The maximum Gasteiger partial charge on any atom is 0.263 e. The van der Waals surface area contributed by atoms with E-state index >= 15 is 0 Å². The lowest BCUT2D eigenvalue weighted by Crippen LogP contribution is -2.43. The molecule has 7 rings (SSSR count). The molecule has 0 radical (unpaired) electrons. The Balaban J connectivity index is 1.31. The molecular formula is C39H37N3O3S. The first-order valence-corrected chi connectivity index (χ1v) is 17.0. The molecule has 0 atom stereocenters. The van der Waals surface area contributed by atoms with Crippen molar-refractivity contribution < 1.29 is 9.53 Å². The molecule has 0 unspecified atom stereocenters. The fourth-order valence-electron chi connectivity index (χ4n) is 7.29. The largest absolute Gasteiger partial charge is 0.495 e. The number of ether oxygens (including phenoxy) is 1. The average Bonchev–Trinajstić information content (AvgIpc) is 3.10. The lowest BCUT2D eigenvalue weighted by molar-refractivity contribution is -0.119. The highest BCUT2D eigenvalue weighted by Gasteiger charge is 2.43. The van der Waals surface area contributed by atoms with Gasteiger partial charge in [-0.2, -0.15) is 0 Å². The van der Waals surface area contributed by atoms with Crippen LogP contribution >= 0.6 is 11.8 Å². The maximum absolute atomic E-state index is 14.9. The maximum atomic E-state index is 14.9. The van der Waals surface area contributed by atoms with E-state index in [-0.39, 0.29) is 28.7 Å². The van der Waals surface area contributed by atoms with Crippen molar-refractivity contribution in [3.05, 3.63) is 142 Å². The van der Waals surface area contributed by atoms with Crippen LogP contribution in [0.15, 0.2) is 119 Å². The van der Waals surface area contributed by atoms with Crippen molar-refractivity contribution in [3.8, 4) is 22.7 Å². The summed E-state index contributed by atoms with van der Waals surface area (Å²) < 4.78 is 7.43. The van der Waals surface area contributed by atoms with Crippen molar-refractivity contribution in [2.24, 2.45) is 0 Å². The number of aromatic nitrogens is 2. The average molecular weight is 628 g/mol. The number of methoxy groups -OCH3 is 1. The molecule has 1 heterocycles. The molecule has 7 heteroatoms. The highest BCUT2D eigenvalue weighted by Crippen LogP contribution is 2.49. The standard InChI is InChI=1S/C39H37N3O3S/c1-45-32-22-12-11-21-31(32)42-37(44)34-36(30-20-10-9-19-29(30)25-39(34)23-13-4-14-24-39)41-38(42)46-26-33(43)40-35(27-15-5-2-6-16-27)28-17-7-3-8-18-28/h2-3,5-12,15-22,35H,4,13-14,23-26H2,1H3,(H,40,43). The minimum absolute atomic E-state index is 0.0692. The van der Waals surface area contributed by atoms with Crippen molar-refractivity contribution in [2.45, 2.75) is 55.1 Å². The number of nitrogens with zero attached hydrogens (tertiary/aromatic N) is 2. The van der Waals surface area contributed by atoms with Gasteiger partial charge in [-0.3, -0.25) is 14.2 Å². The highest BCUT2D eigenvalue weighted by molar-refractivity contribution is 7.99. The molecule has 2 aliphatic rings.